The van der Waals surface area contributed by atoms with Crippen molar-refractivity contribution in [2.75, 3.05) is 0 Å². The minimum absolute atomic E-state index is 0.565. The summed E-state index contributed by atoms with van der Waals surface area (Å²) >= 11 is 5.51. The van der Waals surface area contributed by atoms with Gasteiger partial charge in [0, 0.05) is 20.5 Å². The fraction of sp³-hybridized carbons (Fsp3) is 0.167. The minimum atomic E-state index is 0.565. The molecule has 0 aromatic heterocycles. The maximum absolute atomic E-state index is 3.54. The van der Waals surface area contributed by atoms with E-state index >= 15 is 0 Å². The molecule has 0 bridgehead atoms. The van der Waals surface area contributed by atoms with Crippen LogP contribution < -0.4 is 0 Å². The van der Waals surface area contributed by atoms with E-state index in [4.69, 9.17) is 0 Å². The van der Waals surface area contributed by atoms with Gasteiger partial charge in [0.15, 0.2) is 0 Å². The molecule has 2 aliphatic rings. The summed E-state index contributed by atoms with van der Waals surface area (Å²) in [7, 11) is 0. The van der Waals surface area contributed by atoms with E-state index < -0.39 is 0 Å². The number of hydrogen-bond donors (Lipinski definition) is 0. The van der Waals surface area contributed by atoms with Crippen LogP contribution in [0.3, 0.4) is 0 Å². The fourth-order valence-electron chi connectivity index (χ4n) is 2.02. The molecule has 1 heterocycles. The lowest BCUT2D eigenvalue weighted by Crippen LogP contribution is -2.07. The summed E-state index contributed by atoms with van der Waals surface area (Å²) in [5.41, 5.74) is 1.48. The number of halogens is 1. The SMILES string of the molecule is BrC1=CC2c3ccccc3SC2C=C1. The summed E-state index contributed by atoms with van der Waals surface area (Å²) in [6, 6.07) is 8.70. The number of hydrogen-bond acceptors (Lipinski definition) is 1. The van der Waals surface area contributed by atoms with Gasteiger partial charge in [0.1, 0.15) is 0 Å². The lowest BCUT2D eigenvalue weighted by molar-refractivity contribution is 0.879. The molecule has 0 fully saturated rings. The standard InChI is InChI=1S/C12H9BrS/c13-8-5-6-12-10(7-8)9-3-1-2-4-11(9)14-12/h1-7,10,12H. The van der Waals surface area contributed by atoms with Gasteiger partial charge >= 0.3 is 0 Å². The number of fused-ring (bicyclic) bond motifs is 3. The minimum Gasteiger partial charge on any atom is -0.117 e. The molecule has 0 amide bonds. The lowest BCUT2D eigenvalue weighted by atomic mass is 9.93. The average molecular weight is 265 g/mol. The number of benzene rings is 1. The average Bonchev–Trinajstić information content (AvgIpc) is 2.56. The van der Waals surface area contributed by atoms with E-state index in [1.807, 2.05) is 11.8 Å². The number of thioether (sulfide) groups is 1. The van der Waals surface area contributed by atoms with E-state index in [0.717, 1.165) is 0 Å². The fourth-order valence-corrected chi connectivity index (χ4v) is 3.77. The summed E-state index contributed by atoms with van der Waals surface area (Å²) in [6.07, 6.45) is 6.75. The Kier molecular flexibility index (Phi) is 2.06. The molecule has 1 aromatic rings. The Bertz CT molecular complexity index is 434. The molecule has 3 rings (SSSR count). The first-order chi connectivity index (χ1) is 6.84. The van der Waals surface area contributed by atoms with Crippen molar-refractivity contribution in [3.05, 3.63) is 52.5 Å². The van der Waals surface area contributed by atoms with Crippen LogP contribution in [0.25, 0.3) is 0 Å². The van der Waals surface area contributed by atoms with E-state index in [-0.39, 0.29) is 0 Å². The van der Waals surface area contributed by atoms with Crippen molar-refractivity contribution in [3.8, 4) is 0 Å². The molecule has 2 atom stereocenters. The molecule has 0 saturated carbocycles. The molecule has 0 saturated heterocycles. The zero-order valence-corrected chi connectivity index (χ0v) is 9.88. The Balaban J connectivity index is 2.11. The van der Waals surface area contributed by atoms with Gasteiger partial charge in [0.2, 0.25) is 0 Å². The summed E-state index contributed by atoms with van der Waals surface area (Å²) < 4.78 is 1.20. The van der Waals surface area contributed by atoms with Crippen LogP contribution in [-0.4, -0.2) is 5.25 Å². The molecular weight excluding hydrogens is 256 g/mol. The van der Waals surface area contributed by atoms with E-state index in [2.05, 4.69) is 58.4 Å². The third kappa shape index (κ3) is 1.29. The second-order valence-corrected chi connectivity index (χ2v) is 5.69. The summed E-state index contributed by atoms with van der Waals surface area (Å²) in [5.74, 6) is 0.565. The van der Waals surface area contributed by atoms with Crippen LogP contribution in [0.5, 0.6) is 0 Å². The van der Waals surface area contributed by atoms with E-state index in [0.29, 0.717) is 11.2 Å². The molecule has 2 unspecified atom stereocenters. The topological polar surface area (TPSA) is 0 Å². The monoisotopic (exact) mass is 264 g/mol. The smallest absolute Gasteiger partial charge is 0.0382 e. The van der Waals surface area contributed by atoms with Crippen LogP contribution in [0.1, 0.15) is 11.5 Å². The maximum Gasteiger partial charge on any atom is 0.0382 e. The van der Waals surface area contributed by atoms with Crippen LogP contribution in [0.15, 0.2) is 51.9 Å². The molecule has 0 spiro atoms. The molecule has 1 aliphatic heterocycles. The van der Waals surface area contributed by atoms with Gasteiger partial charge in [0.05, 0.1) is 0 Å². The Hall–Kier alpha value is -0.470. The molecule has 0 nitrogen and oxygen atoms in total. The first-order valence-electron chi connectivity index (χ1n) is 4.66. The van der Waals surface area contributed by atoms with Crippen molar-refractivity contribution in [3.63, 3.8) is 0 Å². The van der Waals surface area contributed by atoms with Gasteiger partial charge < -0.3 is 0 Å². The molecule has 70 valence electrons. The van der Waals surface area contributed by atoms with Crippen LogP contribution in [0.2, 0.25) is 0 Å². The Labute approximate surface area is 96.2 Å². The van der Waals surface area contributed by atoms with Crippen molar-refractivity contribution in [2.24, 2.45) is 0 Å². The highest BCUT2D eigenvalue weighted by Gasteiger charge is 2.31. The Morgan fingerprint density at radius 2 is 2.07 bits per heavy atom. The molecule has 14 heavy (non-hydrogen) atoms. The van der Waals surface area contributed by atoms with Crippen molar-refractivity contribution in [2.45, 2.75) is 16.1 Å². The normalized spacial score (nSPS) is 28.2. The van der Waals surface area contributed by atoms with Gasteiger partial charge in [-0.2, -0.15) is 0 Å². The van der Waals surface area contributed by atoms with Crippen LogP contribution >= 0.6 is 27.7 Å². The maximum atomic E-state index is 3.54. The van der Waals surface area contributed by atoms with Crippen molar-refractivity contribution in [1.29, 1.82) is 0 Å². The molecule has 0 radical (unpaired) electrons. The molecular formula is C12H9BrS. The van der Waals surface area contributed by atoms with Crippen LogP contribution in [0.4, 0.5) is 0 Å². The molecule has 1 aromatic carbocycles. The van der Waals surface area contributed by atoms with Crippen LogP contribution in [-0.2, 0) is 0 Å². The van der Waals surface area contributed by atoms with Gasteiger partial charge in [-0.05, 0) is 11.6 Å². The number of rotatable bonds is 0. The Morgan fingerprint density at radius 3 is 3.00 bits per heavy atom. The van der Waals surface area contributed by atoms with Crippen molar-refractivity contribution < 1.29 is 0 Å². The van der Waals surface area contributed by atoms with Gasteiger partial charge in [-0.1, -0.05) is 52.4 Å². The van der Waals surface area contributed by atoms with Crippen LogP contribution in [0, 0.1) is 0 Å². The van der Waals surface area contributed by atoms with Gasteiger partial charge in [-0.3, -0.25) is 0 Å². The highest BCUT2D eigenvalue weighted by molar-refractivity contribution is 9.11. The zero-order valence-electron chi connectivity index (χ0n) is 7.48. The van der Waals surface area contributed by atoms with Crippen molar-refractivity contribution in [1.82, 2.24) is 0 Å². The highest BCUT2D eigenvalue weighted by Crippen LogP contribution is 2.48. The van der Waals surface area contributed by atoms with Gasteiger partial charge in [-0.15, -0.1) is 11.8 Å². The lowest BCUT2D eigenvalue weighted by Gasteiger charge is -2.16. The molecule has 0 N–H and O–H groups in total. The predicted molar refractivity (Wildman–Crippen MR) is 65.0 cm³/mol. The molecule has 1 aliphatic carbocycles. The zero-order chi connectivity index (χ0) is 9.54. The highest BCUT2D eigenvalue weighted by atomic mass is 79.9. The predicted octanol–water partition coefficient (Wildman–Crippen LogP) is 4.09. The first kappa shape index (κ1) is 8.81. The number of allylic oxidation sites excluding steroid dienone is 3. The quantitative estimate of drug-likeness (QED) is 0.680. The summed E-state index contributed by atoms with van der Waals surface area (Å²) in [5, 5.41) is 0.605. The molecule has 2 heteroatoms. The second-order valence-electron chi connectivity index (χ2n) is 3.56. The summed E-state index contributed by atoms with van der Waals surface area (Å²) in [4.78, 5) is 1.44. The third-order valence-corrected chi connectivity index (χ3v) is 4.56. The first-order valence-corrected chi connectivity index (χ1v) is 6.33. The van der Waals surface area contributed by atoms with Gasteiger partial charge in [0.25, 0.3) is 0 Å². The summed E-state index contributed by atoms with van der Waals surface area (Å²) in [6.45, 7) is 0. The van der Waals surface area contributed by atoms with E-state index in [9.17, 15) is 0 Å². The van der Waals surface area contributed by atoms with E-state index in [1.165, 1.54) is 14.9 Å². The van der Waals surface area contributed by atoms with Gasteiger partial charge in [-0.25, -0.2) is 0 Å². The van der Waals surface area contributed by atoms with Crippen molar-refractivity contribution >= 4 is 27.7 Å². The van der Waals surface area contributed by atoms with E-state index in [1.54, 1.807) is 0 Å². The second kappa shape index (κ2) is 3.28. The Morgan fingerprint density at radius 1 is 1.21 bits per heavy atom. The third-order valence-electron chi connectivity index (χ3n) is 2.68. The largest absolute Gasteiger partial charge is 0.117 e.